The number of fused-ring (bicyclic) bond motifs is 3. The molecule has 2 bridgehead atoms. The molecule has 0 aromatic carbocycles. The molecule has 0 unspecified atom stereocenters. The number of rotatable bonds is 4. The number of anilines is 1. The second kappa shape index (κ2) is 6.99. The number of nitrogens with one attached hydrogen (secondary N) is 1. The van der Waals surface area contributed by atoms with E-state index in [2.05, 4.69) is 12.2 Å². The predicted octanol–water partition coefficient (Wildman–Crippen LogP) is 4.81. The Hall–Kier alpha value is -1.36. The second-order valence-corrected chi connectivity index (χ2v) is 9.89. The topological polar surface area (TPSA) is 55.4 Å². The van der Waals surface area contributed by atoms with Crippen LogP contribution in [0.5, 0.6) is 0 Å². The van der Waals surface area contributed by atoms with Crippen molar-refractivity contribution in [3.63, 3.8) is 0 Å². The van der Waals surface area contributed by atoms with E-state index >= 15 is 0 Å². The van der Waals surface area contributed by atoms with E-state index in [-0.39, 0.29) is 23.9 Å². The quantitative estimate of drug-likeness (QED) is 0.768. The number of carbonyl (C=O) groups is 2. The molecule has 0 saturated heterocycles. The summed E-state index contributed by atoms with van der Waals surface area (Å²) in [6, 6.07) is 0. The molecule has 4 atom stereocenters. The van der Waals surface area contributed by atoms with Gasteiger partial charge >= 0.3 is 5.97 Å². The van der Waals surface area contributed by atoms with Crippen molar-refractivity contribution in [1.29, 1.82) is 0 Å². The number of carbonyl (C=O) groups excluding carboxylic acids is 2. The van der Waals surface area contributed by atoms with Gasteiger partial charge in [-0.15, -0.1) is 11.3 Å². The molecule has 1 heterocycles. The van der Waals surface area contributed by atoms with Gasteiger partial charge in [0.1, 0.15) is 5.00 Å². The Morgan fingerprint density at radius 3 is 2.65 bits per heavy atom. The standard InChI is InChI=1S/C21H29NO3S/c1-11(2)25-21(24)18-15-7-4-12(3)8-17(15)26-20(18)22-19(23)16-10-13-5-6-14(16)9-13/h11-14,16H,4-10H2,1-3H3,(H,22,23)/t12-,13-,14-,16-/m0/s1. The van der Waals surface area contributed by atoms with E-state index in [9.17, 15) is 9.59 Å². The van der Waals surface area contributed by atoms with Crippen molar-refractivity contribution >= 4 is 28.2 Å². The van der Waals surface area contributed by atoms with E-state index in [1.807, 2.05) is 13.8 Å². The number of ether oxygens (including phenoxy) is 1. The second-order valence-electron chi connectivity index (χ2n) is 8.78. The van der Waals surface area contributed by atoms with Gasteiger partial charge in [-0.05, 0) is 75.7 Å². The molecule has 5 heteroatoms. The SMILES string of the molecule is CC(C)OC(=O)c1c(NC(=O)[C@H]2C[C@H]3CC[C@H]2C3)sc2c1CC[C@H](C)C2. The molecule has 3 aliphatic rings. The van der Waals surface area contributed by atoms with Gasteiger partial charge in [-0.2, -0.15) is 0 Å². The number of hydrogen-bond donors (Lipinski definition) is 1. The molecular formula is C21H29NO3S. The minimum absolute atomic E-state index is 0.113. The molecule has 4 rings (SSSR count). The molecule has 0 radical (unpaired) electrons. The molecule has 2 saturated carbocycles. The average Bonchev–Trinajstić information content (AvgIpc) is 3.26. The first-order chi connectivity index (χ1) is 12.4. The Balaban J connectivity index is 1.60. The summed E-state index contributed by atoms with van der Waals surface area (Å²) in [7, 11) is 0. The lowest BCUT2D eigenvalue weighted by Crippen LogP contribution is -2.27. The van der Waals surface area contributed by atoms with Gasteiger partial charge in [0.25, 0.3) is 0 Å². The first kappa shape index (κ1) is 18.0. The van der Waals surface area contributed by atoms with Crippen LogP contribution >= 0.6 is 11.3 Å². The van der Waals surface area contributed by atoms with E-state index in [4.69, 9.17) is 4.74 Å². The summed E-state index contributed by atoms with van der Waals surface area (Å²) in [6.45, 7) is 5.99. The van der Waals surface area contributed by atoms with Gasteiger partial charge in [0.15, 0.2) is 0 Å². The van der Waals surface area contributed by atoms with E-state index in [1.165, 1.54) is 24.1 Å². The molecular weight excluding hydrogens is 346 g/mol. The lowest BCUT2D eigenvalue weighted by Gasteiger charge is -2.21. The van der Waals surface area contributed by atoms with Crippen molar-refractivity contribution in [2.75, 3.05) is 5.32 Å². The summed E-state index contributed by atoms with van der Waals surface area (Å²) >= 11 is 1.60. The van der Waals surface area contributed by atoms with Crippen LogP contribution in [0, 0.1) is 23.7 Å². The van der Waals surface area contributed by atoms with Crippen LogP contribution in [0.1, 0.15) is 73.7 Å². The van der Waals surface area contributed by atoms with Crippen molar-refractivity contribution in [3.8, 4) is 0 Å². The normalized spacial score (nSPS) is 29.7. The Morgan fingerprint density at radius 2 is 2.00 bits per heavy atom. The number of esters is 1. The molecule has 2 fully saturated rings. The summed E-state index contributed by atoms with van der Waals surface area (Å²) in [5, 5.41) is 3.87. The Morgan fingerprint density at radius 1 is 1.19 bits per heavy atom. The predicted molar refractivity (Wildman–Crippen MR) is 104 cm³/mol. The minimum Gasteiger partial charge on any atom is -0.459 e. The first-order valence-electron chi connectivity index (χ1n) is 10.1. The molecule has 26 heavy (non-hydrogen) atoms. The molecule has 3 aliphatic carbocycles. The lowest BCUT2D eigenvalue weighted by atomic mass is 9.87. The van der Waals surface area contributed by atoms with Crippen molar-refractivity contribution in [3.05, 3.63) is 16.0 Å². The van der Waals surface area contributed by atoms with E-state index in [0.29, 0.717) is 17.4 Å². The molecule has 0 spiro atoms. The van der Waals surface area contributed by atoms with Crippen LogP contribution in [-0.2, 0) is 22.4 Å². The van der Waals surface area contributed by atoms with Crippen molar-refractivity contribution in [2.24, 2.45) is 23.7 Å². The third-order valence-electron chi connectivity index (χ3n) is 6.37. The molecule has 1 N–H and O–H groups in total. The maximum Gasteiger partial charge on any atom is 0.341 e. The highest BCUT2D eigenvalue weighted by Crippen LogP contribution is 2.49. The summed E-state index contributed by atoms with van der Waals surface area (Å²) in [5.74, 6) is 1.86. The minimum atomic E-state index is -0.282. The van der Waals surface area contributed by atoms with Gasteiger partial charge < -0.3 is 10.1 Å². The Kier molecular flexibility index (Phi) is 4.84. The van der Waals surface area contributed by atoms with Gasteiger partial charge in [-0.3, -0.25) is 4.79 Å². The highest BCUT2D eigenvalue weighted by Gasteiger charge is 2.43. The zero-order valence-electron chi connectivity index (χ0n) is 16.0. The third kappa shape index (κ3) is 3.30. The van der Waals surface area contributed by atoms with Crippen LogP contribution in [0.4, 0.5) is 5.00 Å². The van der Waals surface area contributed by atoms with E-state index < -0.39 is 0 Å². The molecule has 0 aliphatic heterocycles. The number of thiophene rings is 1. The maximum atomic E-state index is 12.9. The number of amides is 1. The zero-order valence-corrected chi connectivity index (χ0v) is 16.8. The zero-order chi connectivity index (χ0) is 18.4. The van der Waals surface area contributed by atoms with Crippen LogP contribution in [0.3, 0.4) is 0 Å². The largest absolute Gasteiger partial charge is 0.459 e. The monoisotopic (exact) mass is 375 g/mol. The first-order valence-corrected chi connectivity index (χ1v) is 10.9. The lowest BCUT2D eigenvalue weighted by molar-refractivity contribution is -0.121. The third-order valence-corrected chi connectivity index (χ3v) is 7.54. The molecule has 1 aromatic rings. The fourth-order valence-corrected chi connectivity index (χ4v) is 6.50. The fourth-order valence-electron chi connectivity index (χ4n) is 5.10. The summed E-state index contributed by atoms with van der Waals surface area (Å²) < 4.78 is 5.50. The summed E-state index contributed by atoms with van der Waals surface area (Å²) in [6.07, 6.45) is 7.52. The van der Waals surface area contributed by atoms with Crippen molar-refractivity contribution in [1.82, 2.24) is 0 Å². The average molecular weight is 376 g/mol. The Bertz CT molecular complexity index is 723. The highest BCUT2D eigenvalue weighted by molar-refractivity contribution is 7.17. The molecule has 1 amide bonds. The van der Waals surface area contributed by atoms with Gasteiger partial charge in [0.2, 0.25) is 5.91 Å². The fraction of sp³-hybridized carbons (Fsp3) is 0.714. The van der Waals surface area contributed by atoms with Crippen LogP contribution in [0.2, 0.25) is 0 Å². The van der Waals surface area contributed by atoms with Crippen LogP contribution < -0.4 is 5.32 Å². The summed E-state index contributed by atoms with van der Waals surface area (Å²) in [4.78, 5) is 26.9. The smallest absolute Gasteiger partial charge is 0.341 e. The van der Waals surface area contributed by atoms with Gasteiger partial charge in [0.05, 0.1) is 11.7 Å². The highest BCUT2D eigenvalue weighted by atomic mass is 32.1. The van der Waals surface area contributed by atoms with E-state index in [1.54, 1.807) is 11.3 Å². The number of hydrogen-bond acceptors (Lipinski definition) is 4. The summed E-state index contributed by atoms with van der Waals surface area (Å²) in [5.41, 5.74) is 1.74. The van der Waals surface area contributed by atoms with Crippen LogP contribution in [0.15, 0.2) is 0 Å². The van der Waals surface area contributed by atoms with Crippen LogP contribution in [-0.4, -0.2) is 18.0 Å². The van der Waals surface area contributed by atoms with Crippen molar-refractivity contribution < 1.29 is 14.3 Å². The van der Waals surface area contributed by atoms with Crippen molar-refractivity contribution in [2.45, 2.75) is 71.8 Å². The molecule has 1 aromatic heterocycles. The Labute approximate surface area is 159 Å². The molecule has 4 nitrogen and oxygen atoms in total. The van der Waals surface area contributed by atoms with Gasteiger partial charge in [-0.1, -0.05) is 13.3 Å². The molecule has 142 valence electrons. The van der Waals surface area contributed by atoms with E-state index in [0.717, 1.165) is 42.2 Å². The maximum absolute atomic E-state index is 12.9. The van der Waals surface area contributed by atoms with Gasteiger partial charge in [-0.25, -0.2) is 4.79 Å². The van der Waals surface area contributed by atoms with Crippen LogP contribution in [0.25, 0.3) is 0 Å². The van der Waals surface area contributed by atoms with Gasteiger partial charge in [0, 0.05) is 10.8 Å².